The van der Waals surface area contributed by atoms with Crippen molar-refractivity contribution in [2.24, 2.45) is 0 Å². The summed E-state index contributed by atoms with van der Waals surface area (Å²) in [6.45, 7) is 0.864. The Morgan fingerprint density at radius 1 is 1.23 bits per heavy atom. The number of pyridine rings is 1. The van der Waals surface area contributed by atoms with E-state index in [0.29, 0.717) is 5.69 Å². The van der Waals surface area contributed by atoms with E-state index in [-0.39, 0.29) is 17.7 Å². The normalized spacial score (nSPS) is 12.1. The smallest absolute Gasteiger partial charge is 0.270 e. The van der Waals surface area contributed by atoms with E-state index < -0.39 is 0 Å². The fourth-order valence-electron chi connectivity index (χ4n) is 2.15. The fourth-order valence-corrected chi connectivity index (χ4v) is 2.15. The first-order chi connectivity index (χ1) is 10.6. The molecule has 0 unspecified atom stereocenters. The summed E-state index contributed by atoms with van der Waals surface area (Å²) < 4.78 is 0. The van der Waals surface area contributed by atoms with Crippen LogP contribution >= 0.6 is 0 Å². The lowest BCUT2D eigenvalue weighted by atomic mass is 10.0. The van der Waals surface area contributed by atoms with Crippen molar-refractivity contribution in [3.05, 3.63) is 59.9 Å². The predicted octanol–water partition coefficient (Wildman–Crippen LogP) is 2.21. The quantitative estimate of drug-likeness (QED) is 0.858. The van der Waals surface area contributed by atoms with Gasteiger partial charge < -0.3 is 15.3 Å². The first kappa shape index (κ1) is 16.0. The molecule has 0 aliphatic heterocycles. The highest BCUT2D eigenvalue weighted by molar-refractivity contribution is 5.92. The molecule has 1 atom stereocenters. The van der Waals surface area contributed by atoms with E-state index in [1.54, 1.807) is 0 Å². The minimum atomic E-state index is -0.243. The van der Waals surface area contributed by atoms with Gasteiger partial charge >= 0.3 is 0 Å². The second-order valence-corrected chi connectivity index (χ2v) is 5.43. The minimum absolute atomic E-state index is 0.0452. The zero-order valence-corrected chi connectivity index (χ0v) is 12.9. The molecule has 0 aliphatic rings. The SMILES string of the molecule is CN(C)CC[C@@H](NC(=O)c1ccc(O)cn1)c1ccccc1. The molecule has 0 radical (unpaired) electrons. The summed E-state index contributed by atoms with van der Waals surface area (Å²) >= 11 is 0. The third kappa shape index (κ3) is 4.56. The predicted molar refractivity (Wildman–Crippen MR) is 85.7 cm³/mol. The number of aromatic hydroxyl groups is 1. The lowest BCUT2D eigenvalue weighted by molar-refractivity contribution is 0.0927. The molecule has 2 aromatic rings. The number of hydrogen-bond acceptors (Lipinski definition) is 4. The van der Waals surface area contributed by atoms with Crippen LogP contribution in [0.15, 0.2) is 48.7 Å². The second-order valence-electron chi connectivity index (χ2n) is 5.43. The molecule has 0 spiro atoms. The standard InChI is InChI=1S/C17H21N3O2/c1-20(2)11-10-15(13-6-4-3-5-7-13)19-17(22)16-9-8-14(21)12-18-16/h3-9,12,15,21H,10-11H2,1-2H3,(H,19,22)/t15-/m1/s1. The maximum Gasteiger partial charge on any atom is 0.270 e. The van der Waals surface area contributed by atoms with Crippen LogP contribution < -0.4 is 5.32 Å². The molecule has 0 bridgehead atoms. The summed E-state index contributed by atoms with van der Waals surface area (Å²) in [5, 5.41) is 12.3. The number of rotatable bonds is 6. The molecule has 1 heterocycles. The van der Waals surface area contributed by atoms with Crippen LogP contribution in [0.1, 0.15) is 28.5 Å². The zero-order chi connectivity index (χ0) is 15.9. The fraction of sp³-hybridized carbons (Fsp3) is 0.294. The Balaban J connectivity index is 2.11. The van der Waals surface area contributed by atoms with Gasteiger partial charge in [0.25, 0.3) is 5.91 Å². The molecule has 0 aliphatic carbocycles. The van der Waals surface area contributed by atoms with Crippen LogP contribution in [0.25, 0.3) is 0 Å². The van der Waals surface area contributed by atoms with Gasteiger partial charge in [-0.15, -0.1) is 0 Å². The number of nitrogens with one attached hydrogen (secondary N) is 1. The van der Waals surface area contributed by atoms with Gasteiger partial charge in [-0.1, -0.05) is 30.3 Å². The van der Waals surface area contributed by atoms with Gasteiger partial charge in [-0.25, -0.2) is 4.98 Å². The molecule has 1 amide bonds. The lowest BCUT2D eigenvalue weighted by Gasteiger charge is -2.21. The molecule has 2 N–H and O–H groups in total. The van der Waals surface area contributed by atoms with Crippen LogP contribution in [-0.4, -0.2) is 41.5 Å². The second kappa shape index (κ2) is 7.56. The van der Waals surface area contributed by atoms with E-state index >= 15 is 0 Å². The summed E-state index contributed by atoms with van der Waals surface area (Å²) in [4.78, 5) is 18.3. The van der Waals surface area contributed by atoms with Crippen molar-refractivity contribution in [2.75, 3.05) is 20.6 Å². The molecule has 5 nitrogen and oxygen atoms in total. The van der Waals surface area contributed by atoms with E-state index in [1.807, 2.05) is 44.4 Å². The average molecular weight is 299 g/mol. The van der Waals surface area contributed by atoms with E-state index in [2.05, 4.69) is 15.2 Å². The van der Waals surface area contributed by atoms with Gasteiger partial charge in [-0.3, -0.25) is 4.79 Å². The van der Waals surface area contributed by atoms with Crippen molar-refractivity contribution >= 4 is 5.91 Å². The van der Waals surface area contributed by atoms with Crippen molar-refractivity contribution < 1.29 is 9.90 Å². The number of carbonyl (C=O) groups excluding carboxylic acids is 1. The van der Waals surface area contributed by atoms with Crippen molar-refractivity contribution in [1.29, 1.82) is 0 Å². The Morgan fingerprint density at radius 3 is 2.55 bits per heavy atom. The van der Waals surface area contributed by atoms with Crippen molar-refractivity contribution in [2.45, 2.75) is 12.5 Å². The highest BCUT2D eigenvalue weighted by atomic mass is 16.3. The summed E-state index contributed by atoms with van der Waals surface area (Å²) in [6.07, 6.45) is 2.08. The van der Waals surface area contributed by atoms with Crippen molar-refractivity contribution in [3.8, 4) is 5.75 Å². The van der Waals surface area contributed by atoms with Crippen LogP contribution in [0.2, 0.25) is 0 Å². The molecule has 5 heteroatoms. The molecular formula is C17H21N3O2. The molecular weight excluding hydrogens is 278 g/mol. The van der Waals surface area contributed by atoms with Gasteiger partial charge in [0.2, 0.25) is 0 Å². The lowest BCUT2D eigenvalue weighted by Crippen LogP contribution is -2.31. The van der Waals surface area contributed by atoms with Crippen molar-refractivity contribution in [1.82, 2.24) is 15.2 Å². The van der Waals surface area contributed by atoms with Gasteiger partial charge in [-0.2, -0.15) is 0 Å². The number of aromatic nitrogens is 1. The van der Waals surface area contributed by atoms with Crippen molar-refractivity contribution in [3.63, 3.8) is 0 Å². The zero-order valence-electron chi connectivity index (χ0n) is 12.9. The topological polar surface area (TPSA) is 65.5 Å². The number of carbonyl (C=O) groups is 1. The van der Waals surface area contributed by atoms with Crippen LogP contribution in [0.5, 0.6) is 5.75 Å². The van der Waals surface area contributed by atoms with Crippen LogP contribution in [0.3, 0.4) is 0 Å². The largest absolute Gasteiger partial charge is 0.506 e. The monoisotopic (exact) mass is 299 g/mol. The molecule has 0 saturated heterocycles. The van der Waals surface area contributed by atoms with Gasteiger partial charge in [0.15, 0.2) is 0 Å². The Kier molecular flexibility index (Phi) is 5.49. The van der Waals surface area contributed by atoms with E-state index in [0.717, 1.165) is 18.5 Å². The third-order valence-electron chi connectivity index (χ3n) is 3.35. The average Bonchev–Trinajstić information content (AvgIpc) is 2.52. The Bertz CT molecular complexity index is 597. The Morgan fingerprint density at radius 2 is 1.95 bits per heavy atom. The maximum atomic E-state index is 12.3. The summed E-state index contributed by atoms with van der Waals surface area (Å²) in [6, 6.07) is 12.8. The molecule has 2 rings (SSSR count). The highest BCUT2D eigenvalue weighted by Crippen LogP contribution is 2.17. The molecule has 116 valence electrons. The number of hydrogen-bond donors (Lipinski definition) is 2. The summed E-state index contributed by atoms with van der Waals surface area (Å²) in [5.74, 6) is -0.198. The Labute approximate surface area is 130 Å². The molecule has 0 saturated carbocycles. The third-order valence-corrected chi connectivity index (χ3v) is 3.35. The maximum absolute atomic E-state index is 12.3. The summed E-state index contributed by atoms with van der Waals surface area (Å²) in [7, 11) is 4.01. The highest BCUT2D eigenvalue weighted by Gasteiger charge is 2.16. The van der Waals surface area contributed by atoms with E-state index in [9.17, 15) is 9.90 Å². The Hall–Kier alpha value is -2.40. The minimum Gasteiger partial charge on any atom is -0.506 e. The number of nitrogens with zero attached hydrogens (tertiary/aromatic N) is 2. The first-order valence-electron chi connectivity index (χ1n) is 7.22. The molecule has 1 aromatic carbocycles. The number of amides is 1. The van der Waals surface area contributed by atoms with E-state index in [1.165, 1.54) is 18.3 Å². The van der Waals surface area contributed by atoms with Gasteiger partial charge in [0.1, 0.15) is 11.4 Å². The number of benzene rings is 1. The van der Waals surface area contributed by atoms with Crippen LogP contribution in [-0.2, 0) is 0 Å². The van der Waals surface area contributed by atoms with Gasteiger partial charge in [-0.05, 0) is 44.8 Å². The molecule has 0 fully saturated rings. The van der Waals surface area contributed by atoms with Gasteiger partial charge in [0, 0.05) is 0 Å². The van der Waals surface area contributed by atoms with Crippen LogP contribution in [0, 0.1) is 0 Å². The molecule has 1 aromatic heterocycles. The van der Waals surface area contributed by atoms with E-state index in [4.69, 9.17) is 0 Å². The van der Waals surface area contributed by atoms with Crippen LogP contribution in [0.4, 0.5) is 0 Å². The van der Waals surface area contributed by atoms with Gasteiger partial charge in [0.05, 0.1) is 12.2 Å². The summed E-state index contributed by atoms with van der Waals surface area (Å²) in [5.41, 5.74) is 1.36. The molecule has 22 heavy (non-hydrogen) atoms. The first-order valence-corrected chi connectivity index (χ1v) is 7.22.